The molecule has 6 nitrogen and oxygen atoms in total. The van der Waals surface area contributed by atoms with Crippen molar-refractivity contribution < 1.29 is 18.0 Å². The molecule has 0 saturated carbocycles. The van der Waals surface area contributed by atoms with Gasteiger partial charge in [-0.1, -0.05) is 18.2 Å². The van der Waals surface area contributed by atoms with Crippen LogP contribution in [-0.2, 0) is 14.8 Å². The number of aryl methyl sites for hydroxylation is 1. The number of rotatable bonds is 5. The lowest BCUT2D eigenvalue weighted by molar-refractivity contribution is -0.118. The number of hydrogen-bond donors (Lipinski definition) is 2. The van der Waals surface area contributed by atoms with E-state index in [2.05, 4.69) is 5.32 Å². The van der Waals surface area contributed by atoms with E-state index in [0.29, 0.717) is 4.88 Å². The first kappa shape index (κ1) is 16.2. The minimum Gasteiger partial charge on any atom is -0.342 e. The Kier molecular flexibility index (Phi) is 4.94. The summed E-state index contributed by atoms with van der Waals surface area (Å²) in [6, 6.07) is 11.0. The maximum Gasteiger partial charge on any atom is 0.264 e. The van der Waals surface area contributed by atoms with E-state index < -0.39 is 28.4 Å². The lowest BCUT2D eigenvalue weighted by Gasteiger charge is -2.07. The number of benzene rings is 1. The highest BCUT2D eigenvalue weighted by molar-refractivity contribution is 7.90. The maximum absolute atomic E-state index is 11.9. The van der Waals surface area contributed by atoms with Crippen LogP contribution in [0.1, 0.15) is 14.5 Å². The molecule has 0 aliphatic heterocycles. The molecule has 8 heteroatoms. The molecule has 0 unspecified atom stereocenters. The van der Waals surface area contributed by atoms with Crippen LogP contribution in [0.2, 0.25) is 0 Å². The average Bonchev–Trinajstić information content (AvgIpc) is 2.92. The number of hydrogen-bond acceptors (Lipinski definition) is 5. The molecule has 1 heterocycles. The van der Waals surface area contributed by atoms with Crippen molar-refractivity contribution >= 4 is 33.2 Å². The Hall–Kier alpha value is -2.19. The third-order valence-corrected chi connectivity index (χ3v) is 5.06. The first-order chi connectivity index (χ1) is 10.4. The van der Waals surface area contributed by atoms with Crippen LogP contribution >= 0.6 is 11.3 Å². The van der Waals surface area contributed by atoms with Gasteiger partial charge in [0.15, 0.2) is 0 Å². The topological polar surface area (TPSA) is 92.3 Å². The fraction of sp³-hybridized carbons (Fsp3) is 0.143. The van der Waals surface area contributed by atoms with Crippen molar-refractivity contribution in [2.45, 2.75) is 11.8 Å². The Morgan fingerprint density at radius 3 is 2.36 bits per heavy atom. The third kappa shape index (κ3) is 4.15. The Labute approximate surface area is 132 Å². The molecular formula is C14H14N2O4S2. The largest absolute Gasteiger partial charge is 0.342 e. The van der Waals surface area contributed by atoms with Gasteiger partial charge in [-0.05, 0) is 31.2 Å². The van der Waals surface area contributed by atoms with Gasteiger partial charge in [-0.3, -0.25) is 9.59 Å². The van der Waals surface area contributed by atoms with Gasteiger partial charge in [-0.2, -0.15) is 0 Å². The SMILES string of the molecule is Cc1ccc(C(=O)NCC(=O)NS(=O)(=O)c2ccccc2)s1. The van der Waals surface area contributed by atoms with Gasteiger partial charge in [-0.15, -0.1) is 11.3 Å². The molecule has 0 radical (unpaired) electrons. The maximum atomic E-state index is 11.9. The van der Waals surface area contributed by atoms with Crippen LogP contribution in [0.3, 0.4) is 0 Å². The fourth-order valence-corrected chi connectivity index (χ4v) is 3.44. The molecule has 2 aromatic rings. The standard InChI is InChI=1S/C14H14N2O4S2/c1-10-7-8-12(21-10)14(18)15-9-13(17)16-22(19,20)11-5-3-2-4-6-11/h2-8H,9H2,1H3,(H,15,18)(H,16,17). The number of sulfonamides is 1. The zero-order valence-electron chi connectivity index (χ0n) is 11.7. The van der Waals surface area contributed by atoms with Gasteiger partial charge in [-0.25, -0.2) is 13.1 Å². The van der Waals surface area contributed by atoms with Crippen molar-refractivity contribution in [3.05, 3.63) is 52.2 Å². The van der Waals surface area contributed by atoms with Crippen LogP contribution in [0.5, 0.6) is 0 Å². The van der Waals surface area contributed by atoms with Gasteiger partial charge < -0.3 is 5.32 Å². The molecule has 116 valence electrons. The first-order valence-corrected chi connectivity index (χ1v) is 8.64. The molecule has 2 N–H and O–H groups in total. The van der Waals surface area contributed by atoms with Gasteiger partial charge in [0.05, 0.1) is 16.3 Å². The number of nitrogens with one attached hydrogen (secondary N) is 2. The molecule has 0 fully saturated rings. The van der Waals surface area contributed by atoms with E-state index in [4.69, 9.17) is 0 Å². The zero-order chi connectivity index (χ0) is 16.2. The minimum atomic E-state index is -3.92. The normalized spacial score (nSPS) is 11.0. The summed E-state index contributed by atoms with van der Waals surface area (Å²) in [5.74, 6) is -1.21. The molecule has 1 aromatic carbocycles. The van der Waals surface area contributed by atoms with Crippen molar-refractivity contribution in [3.8, 4) is 0 Å². The minimum absolute atomic E-state index is 0.0106. The smallest absolute Gasteiger partial charge is 0.264 e. The van der Waals surface area contributed by atoms with Crippen LogP contribution in [0.15, 0.2) is 47.4 Å². The van der Waals surface area contributed by atoms with Crippen LogP contribution in [0, 0.1) is 6.92 Å². The summed E-state index contributed by atoms with van der Waals surface area (Å²) in [4.78, 5) is 24.9. The monoisotopic (exact) mass is 338 g/mol. The number of carbonyl (C=O) groups excluding carboxylic acids is 2. The molecular weight excluding hydrogens is 324 g/mol. The molecule has 1 aromatic heterocycles. The zero-order valence-corrected chi connectivity index (χ0v) is 13.3. The summed E-state index contributed by atoms with van der Waals surface area (Å²) in [6.07, 6.45) is 0. The van der Waals surface area contributed by atoms with Crippen LogP contribution in [-0.4, -0.2) is 26.8 Å². The Bertz CT molecular complexity index is 782. The second-order valence-electron chi connectivity index (χ2n) is 4.43. The van der Waals surface area contributed by atoms with Gasteiger partial charge >= 0.3 is 0 Å². The molecule has 0 bridgehead atoms. The molecule has 0 atom stereocenters. The van der Waals surface area contributed by atoms with Gasteiger partial charge in [0.2, 0.25) is 0 Å². The van der Waals surface area contributed by atoms with Crippen LogP contribution < -0.4 is 10.0 Å². The third-order valence-electron chi connectivity index (χ3n) is 2.68. The predicted octanol–water partition coefficient (Wildman–Crippen LogP) is 1.29. The predicted molar refractivity (Wildman–Crippen MR) is 83.2 cm³/mol. The van der Waals surface area contributed by atoms with Crippen molar-refractivity contribution in [2.24, 2.45) is 0 Å². The molecule has 0 aliphatic rings. The molecule has 2 rings (SSSR count). The summed E-state index contributed by atoms with van der Waals surface area (Å²) in [7, 11) is -3.92. The van der Waals surface area contributed by atoms with Crippen molar-refractivity contribution in [1.82, 2.24) is 10.0 Å². The summed E-state index contributed by atoms with van der Waals surface area (Å²) < 4.78 is 25.7. The summed E-state index contributed by atoms with van der Waals surface area (Å²) in [6.45, 7) is 1.45. The number of carbonyl (C=O) groups is 2. The highest BCUT2D eigenvalue weighted by Gasteiger charge is 2.17. The van der Waals surface area contributed by atoms with E-state index in [1.165, 1.54) is 23.5 Å². The number of thiophene rings is 1. The van der Waals surface area contributed by atoms with E-state index in [-0.39, 0.29) is 4.90 Å². The van der Waals surface area contributed by atoms with Crippen molar-refractivity contribution in [3.63, 3.8) is 0 Å². The summed E-state index contributed by atoms with van der Waals surface area (Å²) >= 11 is 1.30. The van der Waals surface area contributed by atoms with E-state index >= 15 is 0 Å². The fourth-order valence-electron chi connectivity index (χ4n) is 1.65. The van der Waals surface area contributed by atoms with Crippen LogP contribution in [0.4, 0.5) is 0 Å². The van der Waals surface area contributed by atoms with E-state index in [1.54, 1.807) is 30.3 Å². The molecule has 0 saturated heterocycles. The van der Waals surface area contributed by atoms with E-state index in [1.807, 2.05) is 11.6 Å². The van der Waals surface area contributed by atoms with Gasteiger partial charge in [0.25, 0.3) is 21.8 Å². The van der Waals surface area contributed by atoms with Crippen LogP contribution in [0.25, 0.3) is 0 Å². The summed E-state index contributed by atoms with van der Waals surface area (Å²) in [5, 5.41) is 2.38. The molecule has 2 amide bonds. The molecule has 22 heavy (non-hydrogen) atoms. The highest BCUT2D eigenvalue weighted by atomic mass is 32.2. The Morgan fingerprint density at radius 2 is 1.77 bits per heavy atom. The molecule has 0 aliphatic carbocycles. The van der Waals surface area contributed by atoms with E-state index in [9.17, 15) is 18.0 Å². The van der Waals surface area contributed by atoms with Gasteiger partial charge in [0.1, 0.15) is 0 Å². The highest BCUT2D eigenvalue weighted by Crippen LogP contribution is 2.14. The first-order valence-electron chi connectivity index (χ1n) is 6.34. The summed E-state index contributed by atoms with van der Waals surface area (Å²) in [5.41, 5.74) is 0. The lowest BCUT2D eigenvalue weighted by Crippen LogP contribution is -2.39. The quantitative estimate of drug-likeness (QED) is 0.859. The Balaban J connectivity index is 1.92. The molecule has 0 spiro atoms. The second kappa shape index (κ2) is 6.71. The van der Waals surface area contributed by atoms with E-state index in [0.717, 1.165) is 4.88 Å². The van der Waals surface area contributed by atoms with Crippen molar-refractivity contribution in [1.29, 1.82) is 0 Å². The van der Waals surface area contributed by atoms with Gasteiger partial charge in [0, 0.05) is 4.88 Å². The Morgan fingerprint density at radius 1 is 1.09 bits per heavy atom. The average molecular weight is 338 g/mol. The second-order valence-corrected chi connectivity index (χ2v) is 7.41. The van der Waals surface area contributed by atoms with Crippen molar-refractivity contribution in [2.75, 3.05) is 6.54 Å². The lowest BCUT2D eigenvalue weighted by atomic mass is 10.4. The number of amides is 2.